The fourth-order valence-corrected chi connectivity index (χ4v) is 2.15. The van der Waals surface area contributed by atoms with E-state index in [1.54, 1.807) is 36.4 Å². The Kier molecular flexibility index (Phi) is 7.96. The number of nitrogens with one attached hydrogen (secondary N) is 2. The molecule has 0 bridgehead atoms. The van der Waals surface area contributed by atoms with Crippen LogP contribution in [-0.2, 0) is 16.2 Å². The van der Waals surface area contributed by atoms with Gasteiger partial charge < -0.3 is 10.1 Å². The normalized spacial score (nSPS) is 10.6. The van der Waals surface area contributed by atoms with E-state index in [9.17, 15) is 14.0 Å². The molecule has 0 unspecified atom stereocenters. The number of unbranched alkanes of at least 4 members (excludes halogenated alkanes) is 1. The molecule has 0 fully saturated rings. The van der Waals surface area contributed by atoms with Gasteiger partial charge in [0.25, 0.3) is 0 Å². The van der Waals surface area contributed by atoms with Crippen LogP contribution in [0.1, 0.15) is 30.9 Å². The summed E-state index contributed by atoms with van der Waals surface area (Å²) in [6.45, 7) is 2.68. The number of halogens is 1. The molecule has 0 heterocycles. The van der Waals surface area contributed by atoms with Gasteiger partial charge in [-0.1, -0.05) is 37.6 Å². The van der Waals surface area contributed by atoms with E-state index in [0.717, 1.165) is 18.4 Å². The van der Waals surface area contributed by atoms with Crippen LogP contribution in [0.2, 0.25) is 0 Å². The van der Waals surface area contributed by atoms with Gasteiger partial charge in [-0.05, 0) is 41.8 Å². The molecule has 0 aliphatic rings. The van der Waals surface area contributed by atoms with Crippen molar-refractivity contribution < 1.29 is 18.7 Å². The van der Waals surface area contributed by atoms with Gasteiger partial charge in [-0.2, -0.15) is 5.10 Å². The molecule has 2 rings (SSSR count). The number of nitrogens with zero attached hydrogens (tertiary/aromatic N) is 1. The Bertz CT molecular complexity index is 809. The van der Waals surface area contributed by atoms with Crippen LogP contribution >= 0.6 is 0 Å². The highest BCUT2D eigenvalue weighted by Crippen LogP contribution is 2.14. The standard InChI is InChI=1S/C20H22FN3O3/c1-2-3-10-22-19(25)20(26)24-23-13-15-6-5-9-18(12-15)27-14-16-7-4-8-17(21)11-16/h4-9,11-13H,2-3,10,14H2,1H3,(H,22,25)(H,24,26)/b23-13-. The number of carbonyl (C=O) groups is 2. The predicted octanol–water partition coefficient (Wildman–Crippen LogP) is 2.77. The predicted molar refractivity (Wildman–Crippen MR) is 101 cm³/mol. The lowest BCUT2D eigenvalue weighted by molar-refractivity contribution is -0.139. The van der Waals surface area contributed by atoms with Gasteiger partial charge in [0.05, 0.1) is 6.21 Å². The minimum Gasteiger partial charge on any atom is -0.489 e. The molecule has 2 amide bonds. The molecule has 2 aromatic carbocycles. The van der Waals surface area contributed by atoms with Gasteiger partial charge in [-0.3, -0.25) is 9.59 Å². The smallest absolute Gasteiger partial charge is 0.329 e. The minimum atomic E-state index is -0.819. The van der Waals surface area contributed by atoms with E-state index in [2.05, 4.69) is 15.8 Å². The summed E-state index contributed by atoms with van der Waals surface area (Å²) in [5.74, 6) is -1.27. The monoisotopic (exact) mass is 371 g/mol. The topological polar surface area (TPSA) is 79.8 Å². The van der Waals surface area contributed by atoms with Crippen LogP contribution in [0.5, 0.6) is 5.75 Å². The van der Waals surface area contributed by atoms with Crippen molar-refractivity contribution in [1.29, 1.82) is 0 Å². The summed E-state index contributed by atoms with van der Waals surface area (Å²) >= 11 is 0. The Morgan fingerprint density at radius 3 is 2.74 bits per heavy atom. The van der Waals surface area contributed by atoms with Crippen LogP contribution in [-0.4, -0.2) is 24.6 Å². The average molecular weight is 371 g/mol. The van der Waals surface area contributed by atoms with Crippen LogP contribution in [0.4, 0.5) is 4.39 Å². The van der Waals surface area contributed by atoms with Crippen LogP contribution in [0.15, 0.2) is 53.6 Å². The zero-order chi connectivity index (χ0) is 19.5. The quantitative estimate of drug-likeness (QED) is 0.324. The minimum absolute atomic E-state index is 0.229. The number of hydrazone groups is 1. The van der Waals surface area contributed by atoms with Crippen molar-refractivity contribution in [3.8, 4) is 5.75 Å². The molecule has 0 aliphatic carbocycles. The lowest BCUT2D eigenvalue weighted by Gasteiger charge is -2.07. The summed E-state index contributed by atoms with van der Waals surface area (Å²) in [6, 6.07) is 13.2. The molecule has 0 radical (unpaired) electrons. The second kappa shape index (κ2) is 10.7. The number of hydrogen-bond acceptors (Lipinski definition) is 4. The van der Waals surface area contributed by atoms with Gasteiger partial charge >= 0.3 is 11.8 Å². The second-order valence-electron chi connectivity index (χ2n) is 5.80. The number of benzene rings is 2. The summed E-state index contributed by atoms with van der Waals surface area (Å²) in [7, 11) is 0. The van der Waals surface area contributed by atoms with Crippen molar-refractivity contribution >= 4 is 18.0 Å². The molecule has 0 saturated heterocycles. The maximum absolute atomic E-state index is 13.2. The Hall–Kier alpha value is -3.22. The number of hydrogen-bond donors (Lipinski definition) is 2. The zero-order valence-electron chi connectivity index (χ0n) is 15.1. The first-order valence-corrected chi connectivity index (χ1v) is 8.67. The van der Waals surface area contributed by atoms with Crippen molar-refractivity contribution in [1.82, 2.24) is 10.7 Å². The van der Waals surface area contributed by atoms with E-state index in [-0.39, 0.29) is 12.4 Å². The third-order valence-corrected chi connectivity index (χ3v) is 3.55. The summed E-state index contributed by atoms with van der Waals surface area (Å²) in [5, 5.41) is 6.28. The van der Waals surface area contributed by atoms with Crippen LogP contribution < -0.4 is 15.5 Å². The molecule has 0 spiro atoms. The van der Waals surface area contributed by atoms with E-state index < -0.39 is 11.8 Å². The van der Waals surface area contributed by atoms with Crippen molar-refractivity contribution in [2.24, 2.45) is 5.10 Å². The van der Waals surface area contributed by atoms with Crippen LogP contribution in [0.25, 0.3) is 0 Å². The van der Waals surface area contributed by atoms with Gasteiger partial charge in [0.15, 0.2) is 0 Å². The van der Waals surface area contributed by atoms with Crippen LogP contribution in [0.3, 0.4) is 0 Å². The van der Waals surface area contributed by atoms with Gasteiger partial charge in [0.2, 0.25) is 0 Å². The third-order valence-electron chi connectivity index (χ3n) is 3.55. The van der Waals surface area contributed by atoms with Gasteiger partial charge in [-0.15, -0.1) is 0 Å². The summed E-state index contributed by atoms with van der Waals surface area (Å²) in [6.07, 6.45) is 3.15. The lowest BCUT2D eigenvalue weighted by Crippen LogP contribution is -2.38. The average Bonchev–Trinajstić information content (AvgIpc) is 2.67. The zero-order valence-corrected chi connectivity index (χ0v) is 15.1. The van der Waals surface area contributed by atoms with Crippen LogP contribution in [0, 0.1) is 5.82 Å². The summed E-state index contributed by atoms with van der Waals surface area (Å²) < 4.78 is 18.8. The Labute approximate surface area is 157 Å². The van der Waals surface area contributed by atoms with E-state index in [4.69, 9.17) is 4.74 Å². The Morgan fingerprint density at radius 2 is 1.96 bits per heavy atom. The number of ether oxygens (including phenoxy) is 1. The van der Waals surface area contributed by atoms with Crippen molar-refractivity contribution in [3.05, 3.63) is 65.5 Å². The number of rotatable bonds is 8. The van der Waals surface area contributed by atoms with E-state index >= 15 is 0 Å². The Balaban J connectivity index is 1.84. The molecule has 0 aliphatic heterocycles. The molecule has 142 valence electrons. The van der Waals surface area contributed by atoms with E-state index in [1.165, 1.54) is 18.3 Å². The van der Waals surface area contributed by atoms with E-state index in [0.29, 0.717) is 17.9 Å². The highest BCUT2D eigenvalue weighted by molar-refractivity contribution is 6.35. The molecule has 6 nitrogen and oxygen atoms in total. The molecular weight excluding hydrogens is 349 g/mol. The van der Waals surface area contributed by atoms with Gasteiger partial charge in [0.1, 0.15) is 18.2 Å². The maximum Gasteiger partial charge on any atom is 0.329 e. The molecule has 7 heteroatoms. The number of carbonyl (C=O) groups excluding carboxylic acids is 2. The Morgan fingerprint density at radius 1 is 1.15 bits per heavy atom. The molecular formula is C20H22FN3O3. The second-order valence-corrected chi connectivity index (χ2v) is 5.80. The molecule has 2 aromatic rings. The first kappa shape index (κ1) is 20.1. The first-order chi connectivity index (χ1) is 13.1. The molecule has 0 atom stereocenters. The maximum atomic E-state index is 13.2. The largest absolute Gasteiger partial charge is 0.489 e. The van der Waals surface area contributed by atoms with E-state index in [1.807, 2.05) is 6.92 Å². The highest BCUT2D eigenvalue weighted by atomic mass is 19.1. The summed E-state index contributed by atoms with van der Waals surface area (Å²) in [4.78, 5) is 23.1. The third kappa shape index (κ3) is 7.27. The van der Waals surface area contributed by atoms with Gasteiger partial charge in [-0.25, -0.2) is 9.82 Å². The van der Waals surface area contributed by atoms with Crippen molar-refractivity contribution in [2.75, 3.05) is 6.54 Å². The van der Waals surface area contributed by atoms with Crippen molar-refractivity contribution in [2.45, 2.75) is 26.4 Å². The first-order valence-electron chi connectivity index (χ1n) is 8.67. The number of amides is 2. The van der Waals surface area contributed by atoms with Gasteiger partial charge in [0, 0.05) is 6.54 Å². The fourth-order valence-electron chi connectivity index (χ4n) is 2.15. The SMILES string of the molecule is CCCCNC(=O)C(=O)N/N=C\c1cccc(OCc2cccc(F)c2)c1. The fraction of sp³-hybridized carbons (Fsp3) is 0.250. The summed E-state index contributed by atoms with van der Waals surface area (Å²) in [5.41, 5.74) is 3.57. The lowest BCUT2D eigenvalue weighted by atomic mass is 10.2. The van der Waals surface area contributed by atoms with Crippen molar-refractivity contribution in [3.63, 3.8) is 0 Å². The molecule has 27 heavy (non-hydrogen) atoms. The molecule has 0 saturated carbocycles. The highest BCUT2D eigenvalue weighted by Gasteiger charge is 2.10. The molecule has 2 N–H and O–H groups in total. The molecule has 0 aromatic heterocycles.